The predicted molar refractivity (Wildman–Crippen MR) is 82.4 cm³/mol. The second-order valence-corrected chi connectivity index (χ2v) is 5.39. The minimum Gasteiger partial charge on any atom is -0.490 e. The normalized spacial score (nSPS) is 17.8. The lowest BCUT2D eigenvalue weighted by atomic mass is 10.2. The van der Waals surface area contributed by atoms with E-state index in [1.165, 1.54) is 0 Å². The van der Waals surface area contributed by atoms with Crippen molar-refractivity contribution in [3.63, 3.8) is 0 Å². The summed E-state index contributed by atoms with van der Waals surface area (Å²) in [5.74, 6) is 0.556. The van der Waals surface area contributed by atoms with E-state index in [9.17, 15) is 4.79 Å². The molecule has 0 spiro atoms. The van der Waals surface area contributed by atoms with Gasteiger partial charge in [0.15, 0.2) is 11.4 Å². The van der Waals surface area contributed by atoms with Crippen LogP contribution in [-0.2, 0) is 4.74 Å². The monoisotopic (exact) mass is 303 g/mol. The first-order chi connectivity index (χ1) is 10.7. The van der Waals surface area contributed by atoms with Crippen molar-refractivity contribution < 1.29 is 14.3 Å². The van der Waals surface area contributed by atoms with Gasteiger partial charge in [-0.15, -0.1) is 0 Å². The summed E-state index contributed by atoms with van der Waals surface area (Å²) in [7, 11) is 0. The number of aromatic nitrogens is 2. The number of rotatable bonds is 5. The van der Waals surface area contributed by atoms with Gasteiger partial charge < -0.3 is 14.8 Å². The average molecular weight is 303 g/mol. The molecule has 0 aromatic carbocycles. The number of nitrogens with one attached hydrogen (secondary N) is 1. The fourth-order valence-electron chi connectivity index (χ4n) is 2.79. The molecule has 3 rings (SSSR count). The van der Waals surface area contributed by atoms with E-state index in [1.54, 1.807) is 4.40 Å². The number of pyridine rings is 1. The van der Waals surface area contributed by atoms with Crippen LogP contribution in [0.25, 0.3) is 5.65 Å². The highest BCUT2D eigenvalue weighted by atomic mass is 16.5. The van der Waals surface area contributed by atoms with Gasteiger partial charge in [-0.3, -0.25) is 9.20 Å². The minimum absolute atomic E-state index is 0.127. The Labute approximate surface area is 129 Å². The Kier molecular flexibility index (Phi) is 4.29. The van der Waals surface area contributed by atoms with Gasteiger partial charge in [0.05, 0.1) is 18.4 Å². The molecule has 1 amide bonds. The second-order valence-electron chi connectivity index (χ2n) is 5.39. The van der Waals surface area contributed by atoms with Crippen molar-refractivity contribution in [3.8, 4) is 5.75 Å². The number of amides is 1. The smallest absolute Gasteiger partial charge is 0.270 e. The number of aryl methyl sites for hydroxylation is 1. The third-order valence-corrected chi connectivity index (χ3v) is 3.82. The van der Waals surface area contributed by atoms with Crippen LogP contribution >= 0.6 is 0 Å². The zero-order chi connectivity index (χ0) is 15.5. The maximum absolute atomic E-state index is 12.5. The third kappa shape index (κ3) is 2.78. The molecule has 0 bridgehead atoms. The van der Waals surface area contributed by atoms with Gasteiger partial charge >= 0.3 is 0 Å². The van der Waals surface area contributed by atoms with Gasteiger partial charge in [0.2, 0.25) is 0 Å². The Hall–Kier alpha value is -2.08. The fraction of sp³-hybridized carbons (Fsp3) is 0.500. The number of hydrogen-bond donors (Lipinski definition) is 1. The SMILES string of the molecule is CCOc1cccn2c(C(=O)NCC3CCCO3)c(C)nc12. The van der Waals surface area contributed by atoms with Crippen molar-refractivity contribution in [1.29, 1.82) is 0 Å². The highest BCUT2D eigenvalue weighted by Crippen LogP contribution is 2.22. The number of ether oxygens (including phenoxy) is 2. The van der Waals surface area contributed by atoms with Gasteiger partial charge in [-0.05, 0) is 38.8 Å². The van der Waals surface area contributed by atoms with Crippen molar-refractivity contribution >= 4 is 11.6 Å². The Morgan fingerprint density at radius 1 is 1.59 bits per heavy atom. The molecular weight excluding hydrogens is 282 g/mol. The molecule has 2 aromatic rings. The van der Waals surface area contributed by atoms with E-state index in [2.05, 4.69) is 10.3 Å². The highest BCUT2D eigenvalue weighted by Gasteiger charge is 2.21. The maximum atomic E-state index is 12.5. The van der Waals surface area contributed by atoms with Crippen LogP contribution < -0.4 is 10.1 Å². The summed E-state index contributed by atoms with van der Waals surface area (Å²) in [6.45, 7) is 5.65. The molecule has 0 saturated carbocycles. The molecule has 22 heavy (non-hydrogen) atoms. The zero-order valence-electron chi connectivity index (χ0n) is 13.0. The Morgan fingerprint density at radius 2 is 2.45 bits per heavy atom. The summed E-state index contributed by atoms with van der Waals surface area (Å²) in [6.07, 6.45) is 4.02. The number of carbonyl (C=O) groups is 1. The molecule has 2 aromatic heterocycles. The number of hydrogen-bond acceptors (Lipinski definition) is 4. The molecule has 1 aliphatic rings. The van der Waals surface area contributed by atoms with Crippen LogP contribution in [0.3, 0.4) is 0 Å². The van der Waals surface area contributed by atoms with Gasteiger partial charge in [0, 0.05) is 19.3 Å². The molecule has 0 radical (unpaired) electrons. The summed E-state index contributed by atoms with van der Waals surface area (Å²) in [6, 6.07) is 3.72. The summed E-state index contributed by atoms with van der Waals surface area (Å²) in [4.78, 5) is 17.0. The molecule has 3 heterocycles. The van der Waals surface area contributed by atoms with E-state index in [4.69, 9.17) is 9.47 Å². The molecule has 1 unspecified atom stereocenters. The molecule has 6 nitrogen and oxygen atoms in total. The lowest BCUT2D eigenvalue weighted by Crippen LogP contribution is -2.32. The molecule has 1 N–H and O–H groups in total. The first kappa shape index (κ1) is 14.8. The van der Waals surface area contributed by atoms with Crippen molar-refractivity contribution in [2.75, 3.05) is 19.8 Å². The summed E-state index contributed by atoms with van der Waals surface area (Å²) in [5.41, 5.74) is 1.91. The van der Waals surface area contributed by atoms with Crippen molar-refractivity contribution in [3.05, 3.63) is 29.7 Å². The van der Waals surface area contributed by atoms with Crippen molar-refractivity contribution in [2.24, 2.45) is 0 Å². The molecule has 118 valence electrons. The third-order valence-electron chi connectivity index (χ3n) is 3.82. The van der Waals surface area contributed by atoms with E-state index in [0.717, 1.165) is 19.4 Å². The number of carbonyl (C=O) groups excluding carboxylic acids is 1. The first-order valence-corrected chi connectivity index (χ1v) is 7.71. The van der Waals surface area contributed by atoms with E-state index >= 15 is 0 Å². The van der Waals surface area contributed by atoms with Gasteiger partial charge in [0.1, 0.15) is 5.69 Å². The molecule has 6 heteroatoms. The summed E-state index contributed by atoms with van der Waals surface area (Å²) < 4.78 is 12.9. The quantitative estimate of drug-likeness (QED) is 0.917. The van der Waals surface area contributed by atoms with Crippen LogP contribution in [0, 0.1) is 6.92 Å². The number of imidazole rings is 1. The van der Waals surface area contributed by atoms with Gasteiger partial charge in [-0.1, -0.05) is 0 Å². The van der Waals surface area contributed by atoms with Gasteiger partial charge in [-0.2, -0.15) is 0 Å². The standard InChI is InChI=1S/C16H21N3O3/c1-3-21-13-7-4-8-19-14(11(2)18-15(13)19)16(20)17-10-12-6-5-9-22-12/h4,7-8,12H,3,5-6,9-10H2,1-2H3,(H,17,20). The van der Waals surface area contributed by atoms with E-state index in [0.29, 0.717) is 35.9 Å². The van der Waals surface area contributed by atoms with Crippen molar-refractivity contribution in [2.45, 2.75) is 32.8 Å². The van der Waals surface area contributed by atoms with Gasteiger partial charge in [-0.25, -0.2) is 4.98 Å². The van der Waals surface area contributed by atoms with Crippen molar-refractivity contribution in [1.82, 2.24) is 14.7 Å². The average Bonchev–Trinajstić information content (AvgIpc) is 3.12. The molecule has 1 fully saturated rings. The zero-order valence-corrected chi connectivity index (χ0v) is 13.0. The van der Waals surface area contributed by atoms with Crippen LogP contribution in [0.4, 0.5) is 0 Å². The van der Waals surface area contributed by atoms with Crippen LogP contribution in [0.2, 0.25) is 0 Å². The number of fused-ring (bicyclic) bond motifs is 1. The maximum Gasteiger partial charge on any atom is 0.270 e. The molecular formula is C16H21N3O3. The minimum atomic E-state index is -0.130. The first-order valence-electron chi connectivity index (χ1n) is 7.71. The van der Waals surface area contributed by atoms with E-state index in [-0.39, 0.29) is 12.0 Å². The molecule has 1 saturated heterocycles. The second kappa shape index (κ2) is 6.36. The highest BCUT2D eigenvalue weighted by molar-refractivity contribution is 5.95. The van der Waals surface area contributed by atoms with Crippen LogP contribution in [0.1, 0.15) is 35.9 Å². The topological polar surface area (TPSA) is 64.9 Å². The lowest BCUT2D eigenvalue weighted by molar-refractivity contribution is 0.0852. The Morgan fingerprint density at radius 3 is 3.18 bits per heavy atom. The molecule has 0 aliphatic carbocycles. The van der Waals surface area contributed by atoms with Crippen LogP contribution in [0.5, 0.6) is 5.75 Å². The Bertz CT molecular complexity index is 675. The largest absolute Gasteiger partial charge is 0.490 e. The molecule has 1 atom stereocenters. The fourth-order valence-corrected chi connectivity index (χ4v) is 2.79. The van der Waals surface area contributed by atoms with Crippen LogP contribution in [-0.4, -0.2) is 41.2 Å². The predicted octanol–water partition coefficient (Wildman–Crippen LogP) is 1.95. The van der Waals surface area contributed by atoms with Gasteiger partial charge in [0.25, 0.3) is 5.91 Å². The Balaban J connectivity index is 1.84. The van der Waals surface area contributed by atoms with Crippen LogP contribution in [0.15, 0.2) is 18.3 Å². The lowest BCUT2D eigenvalue weighted by Gasteiger charge is -2.11. The number of nitrogens with zero attached hydrogens (tertiary/aromatic N) is 2. The van der Waals surface area contributed by atoms with E-state index in [1.807, 2.05) is 32.2 Å². The van der Waals surface area contributed by atoms with E-state index < -0.39 is 0 Å². The summed E-state index contributed by atoms with van der Waals surface area (Å²) in [5, 5.41) is 2.95. The molecule has 1 aliphatic heterocycles. The summed E-state index contributed by atoms with van der Waals surface area (Å²) >= 11 is 0.